The van der Waals surface area contributed by atoms with Crippen LogP contribution < -0.4 is 10.6 Å². The van der Waals surface area contributed by atoms with Crippen molar-refractivity contribution in [3.05, 3.63) is 66.0 Å². The van der Waals surface area contributed by atoms with Crippen molar-refractivity contribution >= 4 is 17.4 Å². The first-order valence-electron chi connectivity index (χ1n) is 10.1. The molecule has 0 unspecified atom stereocenters. The Hall–Kier alpha value is -3.36. The summed E-state index contributed by atoms with van der Waals surface area (Å²) in [5.74, 6) is 0. The van der Waals surface area contributed by atoms with Gasteiger partial charge in [-0.1, -0.05) is 43.5 Å². The molecule has 2 N–H and O–H groups in total. The molecule has 0 aliphatic carbocycles. The number of amides is 2. The summed E-state index contributed by atoms with van der Waals surface area (Å²) in [6, 6.07) is 10.8. The van der Waals surface area contributed by atoms with E-state index in [1.807, 2.05) is 6.20 Å². The Bertz CT molecular complexity index is 999. The predicted octanol–water partition coefficient (Wildman–Crippen LogP) is 6.05. The molecule has 2 amide bonds. The van der Waals surface area contributed by atoms with Gasteiger partial charge in [0.05, 0.1) is 28.8 Å². The van der Waals surface area contributed by atoms with E-state index in [-0.39, 0.29) is 5.69 Å². The molecule has 0 spiro atoms. The van der Waals surface area contributed by atoms with Crippen LogP contribution in [0.3, 0.4) is 0 Å². The number of nitrogens with one attached hydrogen (secondary N) is 2. The summed E-state index contributed by atoms with van der Waals surface area (Å²) in [5, 5.41) is 13.1. The summed E-state index contributed by atoms with van der Waals surface area (Å²) in [5.41, 5.74) is 0.905. The molecule has 9 heteroatoms. The first kappa shape index (κ1) is 22.3. The number of aromatic nitrogens is 3. The third-order valence-corrected chi connectivity index (χ3v) is 4.70. The van der Waals surface area contributed by atoms with Gasteiger partial charge in [0.1, 0.15) is 0 Å². The van der Waals surface area contributed by atoms with Crippen LogP contribution in [0.1, 0.15) is 43.9 Å². The van der Waals surface area contributed by atoms with Crippen molar-refractivity contribution in [3.63, 3.8) is 0 Å². The monoisotopic (exact) mass is 431 g/mol. The molecule has 1 aromatic heterocycles. The minimum atomic E-state index is -4.56. The van der Waals surface area contributed by atoms with Gasteiger partial charge in [0, 0.05) is 5.69 Å². The summed E-state index contributed by atoms with van der Waals surface area (Å²) in [6.07, 6.45) is 2.81. The topological polar surface area (TPSA) is 71.8 Å². The van der Waals surface area contributed by atoms with Crippen LogP contribution in [0.15, 0.2) is 54.7 Å². The number of alkyl halides is 3. The molecule has 2 aromatic carbocycles. The minimum absolute atomic E-state index is 0.307. The molecule has 1 heterocycles. The number of unbranched alkanes of at least 4 members (excludes halogenated alkanes) is 3. The summed E-state index contributed by atoms with van der Waals surface area (Å²) in [6.45, 7) is 2.17. The number of para-hydroxylation sites is 1. The SMILES string of the molecule is CCCCCCc1cn(-c2ccc(NC(=O)Nc3ccccc3C(F)(F)F)cc2)nn1. The number of nitrogens with zero attached hydrogens (tertiary/aromatic N) is 3. The van der Waals surface area contributed by atoms with Crippen LogP contribution in [0.25, 0.3) is 5.69 Å². The highest BCUT2D eigenvalue weighted by Gasteiger charge is 2.33. The lowest BCUT2D eigenvalue weighted by atomic mass is 10.1. The number of anilines is 2. The molecule has 0 saturated heterocycles. The van der Waals surface area contributed by atoms with Gasteiger partial charge in [-0.05, 0) is 49.2 Å². The number of urea groups is 1. The zero-order valence-corrected chi connectivity index (χ0v) is 17.1. The van der Waals surface area contributed by atoms with Gasteiger partial charge in [-0.25, -0.2) is 9.48 Å². The Morgan fingerprint density at radius 1 is 1.00 bits per heavy atom. The van der Waals surface area contributed by atoms with E-state index in [0.29, 0.717) is 5.69 Å². The van der Waals surface area contributed by atoms with Crippen molar-refractivity contribution < 1.29 is 18.0 Å². The third kappa shape index (κ3) is 6.31. The van der Waals surface area contributed by atoms with Gasteiger partial charge in [0.25, 0.3) is 0 Å². The maximum absolute atomic E-state index is 13.1. The van der Waals surface area contributed by atoms with Crippen molar-refractivity contribution in [2.45, 2.75) is 45.2 Å². The predicted molar refractivity (Wildman–Crippen MR) is 113 cm³/mol. The number of carbonyl (C=O) groups excluding carboxylic acids is 1. The standard InChI is InChI=1S/C22H24F3N5O/c1-2-3-4-5-8-17-15-30(29-28-17)18-13-11-16(12-14-18)26-21(31)27-20-10-7-6-9-19(20)22(23,24)25/h6-7,9-15H,2-5,8H2,1H3,(H2,26,27,31). The van der Waals surface area contributed by atoms with Gasteiger partial charge in [-0.3, -0.25) is 0 Å². The van der Waals surface area contributed by atoms with E-state index < -0.39 is 17.8 Å². The van der Waals surface area contributed by atoms with Crippen LogP contribution >= 0.6 is 0 Å². The summed E-state index contributed by atoms with van der Waals surface area (Å²) < 4.78 is 40.8. The second-order valence-corrected chi connectivity index (χ2v) is 7.13. The molecular formula is C22H24F3N5O. The molecule has 3 rings (SSSR count). The molecule has 0 aliphatic rings. The highest BCUT2D eigenvalue weighted by atomic mass is 19.4. The van der Waals surface area contributed by atoms with Crippen LogP contribution in [0.2, 0.25) is 0 Å². The smallest absolute Gasteiger partial charge is 0.308 e. The van der Waals surface area contributed by atoms with Crippen LogP contribution in [-0.4, -0.2) is 21.0 Å². The number of aryl methyl sites for hydroxylation is 1. The van der Waals surface area contributed by atoms with Crippen LogP contribution in [-0.2, 0) is 12.6 Å². The lowest BCUT2D eigenvalue weighted by Crippen LogP contribution is -2.21. The van der Waals surface area contributed by atoms with Crippen LogP contribution in [0.4, 0.5) is 29.3 Å². The molecule has 6 nitrogen and oxygen atoms in total. The largest absolute Gasteiger partial charge is 0.418 e. The Labute approximate surface area is 178 Å². The molecule has 31 heavy (non-hydrogen) atoms. The number of hydrogen-bond donors (Lipinski definition) is 2. The molecule has 164 valence electrons. The van der Waals surface area contributed by atoms with E-state index >= 15 is 0 Å². The Morgan fingerprint density at radius 2 is 1.74 bits per heavy atom. The van der Waals surface area contributed by atoms with Gasteiger partial charge in [-0.2, -0.15) is 13.2 Å². The zero-order chi connectivity index (χ0) is 22.3. The number of benzene rings is 2. The summed E-state index contributed by atoms with van der Waals surface area (Å²) in [7, 11) is 0. The van der Waals surface area contributed by atoms with E-state index in [9.17, 15) is 18.0 Å². The van der Waals surface area contributed by atoms with Gasteiger partial charge in [0.15, 0.2) is 0 Å². The van der Waals surface area contributed by atoms with Crippen molar-refractivity contribution in [1.29, 1.82) is 0 Å². The minimum Gasteiger partial charge on any atom is -0.308 e. The van der Waals surface area contributed by atoms with Crippen molar-refractivity contribution in [3.8, 4) is 5.69 Å². The fraction of sp³-hybridized carbons (Fsp3) is 0.318. The quantitative estimate of drug-likeness (QED) is 0.426. The number of carbonyl (C=O) groups is 1. The van der Waals surface area contributed by atoms with Crippen molar-refractivity contribution in [2.24, 2.45) is 0 Å². The van der Waals surface area contributed by atoms with Gasteiger partial charge in [0.2, 0.25) is 0 Å². The Morgan fingerprint density at radius 3 is 2.45 bits per heavy atom. The second-order valence-electron chi connectivity index (χ2n) is 7.13. The maximum atomic E-state index is 13.1. The van der Waals surface area contributed by atoms with Gasteiger partial charge >= 0.3 is 12.2 Å². The van der Waals surface area contributed by atoms with E-state index in [2.05, 4.69) is 27.9 Å². The molecule has 0 aliphatic heterocycles. The van der Waals surface area contributed by atoms with Crippen molar-refractivity contribution in [1.82, 2.24) is 15.0 Å². The number of hydrogen-bond acceptors (Lipinski definition) is 3. The molecule has 0 saturated carbocycles. The highest BCUT2D eigenvalue weighted by Crippen LogP contribution is 2.34. The first-order valence-corrected chi connectivity index (χ1v) is 10.1. The van der Waals surface area contributed by atoms with Gasteiger partial charge in [-0.15, -0.1) is 5.10 Å². The number of rotatable bonds is 8. The van der Waals surface area contributed by atoms with E-state index in [4.69, 9.17) is 0 Å². The summed E-state index contributed by atoms with van der Waals surface area (Å²) in [4.78, 5) is 12.1. The fourth-order valence-electron chi connectivity index (χ4n) is 3.09. The Balaban J connectivity index is 1.59. The molecule has 0 bridgehead atoms. The lowest BCUT2D eigenvalue weighted by Gasteiger charge is -2.14. The molecular weight excluding hydrogens is 407 g/mol. The lowest BCUT2D eigenvalue weighted by molar-refractivity contribution is -0.136. The van der Waals surface area contributed by atoms with E-state index in [1.165, 1.54) is 37.5 Å². The molecule has 0 fully saturated rings. The molecule has 3 aromatic rings. The second kappa shape index (κ2) is 10.1. The number of halogens is 3. The van der Waals surface area contributed by atoms with Crippen LogP contribution in [0, 0.1) is 0 Å². The first-order chi connectivity index (χ1) is 14.9. The fourth-order valence-corrected chi connectivity index (χ4v) is 3.09. The molecule has 0 radical (unpaired) electrons. The normalized spacial score (nSPS) is 11.4. The Kier molecular flexibility index (Phi) is 7.28. The van der Waals surface area contributed by atoms with Crippen molar-refractivity contribution in [2.75, 3.05) is 10.6 Å². The van der Waals surface area contributed by atoms with Gasteiger partial charge < -0.3 is 10.6 Å². The van der Waals surface area contributed by atoms with E-state index in [0.717, 1.165) is 30.3 Å². The summed E-state index contributed by atoms with van der Waals surface area (Å²) >= 11 is 0. The van der Waals surface area contributed by atoms with Crippen LogP contribution in [0.5, 0.6) is 0 Å². The van der Waals surface area contributed by atoms with E-state index in [1.54, 1.807) is 28.9 Å². The average molecular weight is 431 g/mol. The zero-order valence-electron chi connectivity index (χ0n) is 17.1. The highest BCUT2D eigenvalue weighted by molar-refractivity contribution is 6.00. The maximum Gasteiger partial charge on any atom is 0.418 e. The average Bonchev–Trinajstić information content (AvgIpc) is 3.20. The third-order valence-electron chi connectivity index (χ3n) is 4.70. The molecule has 0 atom stereocenters.